The molecule has 0 saturated heterocycles. The molecule has 0 saturated carbocycles. The molecule has 10 heteroatoms. The number of nitrogens with zero attached hydrogens (tertiary/aromatic N) is 1. The average Bonchev–Trinajstić information content (AvgIpc) is 3.23. The standard InChI is InChI=1S/C23H23BrN2O7/c1-4-30-16-6-7-18-14(8-16)9-21(33-18)23(28)26-25-12-15-10-19(31-5-2)20(11-17(15)24)32-13-22(27)29-3/h6-12H,4-5,13H2,1-3H3,(H,26,28)/b25-12+. The molecular weight excluding hydrogens is 496 g/mol. The molecule has 1 aromatic heterocycles. The number of halogens is 1. The van der Waals surface area contributed by atoms with Crippen LogP contribution in [0.1, 0.15) is 30.0 Å². The largest absolute Gasteiger partial charge is 0.494 e. The Morgan fingerprint density at radius 3 is 2.55 bits per heavy atom. The van der Waals surface area contributed by atoms with Gasteiger partial charge in [0.1, 0.15) is 11.3 Å². The number of esters is 1. The number of furan rings is 1. The Bertz CT molecular complexity index is 1170. The van der Waals surface area contributed by atoms with Crippen molar-refractivity contribution in [1.29, 1.82) is 0 Å². The number of hydrogen-bond donors (Lipinski definition) is 1. The van der Waals surface area contributed by atoms with Gasteiger partial charge in [0.15, 0.2) is 23.9 Å². The highest BCUT2D eigenvalue weighted by Crippen LogP contribution is 2.33. The van der Waals surface area contributed by atoms with E-state index in [2.05, 4.69) is 31.2 Å². The van der Waals surface area contributed by atoms with Crippen LogP contribution in [0.2, 0.25) is 0 Å². The van der Waals surface area contributed by atoms with Gasteiger partial charge in [-0.3, -0.25) is 4.79 Å². The molecule has 0 aliphatic rings. The summed E-state index contributed by atoms with van der Waals surface area (Å²) in [7, 11) is 1.28. The predicted octanol–water partition coefficient (Wildman–Crippen LogP) is 4.31. The molecule has 0 aliphatic carbocycles. The van der Waals surface area contributed by atoms with E-state index < -0.39 is 11.9 Å². The van der Waals surface area contributed by atoms with Gasteiger partial charge in [-0.15, -0.1) is 0 Å². The lowest BCUT2D eigenvalue weighted by atomic mass is 10.2. The molecule has 1 amide bonds. The van der Waals surface area contributed by atoms with Gasteiger partial charge in [0.05, 0.1) is 26.5 Å². The molecule has 0 bridgehead atoms. The zero-order valence-electron chi connectivity index (χ0n) is 18.3. The molecule has 0 aliphatic heterocycles. The van der Waals surface area contributed by atoms with Gasteiger partial charge in [0, 0.05) is 15.4 Å². The highest BCUT2D eigenvalue weighted by atomic mass is 79.9. The van der Waals surface area contributed by atoms with E-state index in [-0.39, 0.29) is 12.4 Å². The Morgan fingerprint density at radius 2 is 1.82 bits per heavy atom. The number of carbonyl (C=O) groups excluding carboxylic acids is 2. The van der Waals surface area contributed by atoms with E-state index in [0.29, 0.717) is 46.1 Å². The monoisotopic (exact) mass is 518 g/mol. The van der Waals surface area contributed by atoms with Gasteiger partial charge in [-0.05, 0) is 66.2 Å². The minimum atomic E-state index is -0.512. The number of hydrazone groups is 1. The summed E-state index contributed by atoms with van der Waals surface area (Å²) in [6.45, 7) is 4.40. The first-order valence-electron chi connectivity index (χ1n) is 10.1. The predicted molar refractivity (Wildman–Crippen MR) is 125 cm³/mol. The number of benzene rings is 2. The minimum absolute atomic E-state index is 0.122. The number of ether oxygens (including phenoxy) is 4. The summed E-state index contributed by atoms with van der Waals surface area (Å²) < 4.78 is 27.3. The smallest absolute Gasteiger partial charge is 0.343 e. The third-order valence-corrected chi connectivity index (χ3v) is 5.02. The van der Waals surface area contributed by atoms with Crippen molar-refractivity contribution in [3.05, 3.63) is 52.2 Å². The average molecular weight is 519 g/mol. The van der Waals surface area contributed by atoms with Crippen LogP contribution in [0.3, 0.4) is 0 Å². The van der Waals surface area contributed by atoms with Crippen LogP contribution in [0.5, 0.6) is 17.2 Å². The zero-order chi connectivity index (χ0) is 23.8. The zero-order valence-corrected chi connectivity index (χ0v) is 19.9. The fraction of sp³-hybridized carbons (Fsp3) is 0.261. The van der Waals surface area contributed by atoms with E-state index in [9.17, 15) is 9.59 Å². The molecule has 2 aromatic carbocycles. The molecule has 33 heavy (non-hydrogen) atoms. The summed E-state index contributed by atoms with van der Waals surface area (Å²) in [6.07, 6.45) is 1.45. The summed E-state index contributed by atoms with van der Waals surface area (Å²) in [6, 6.07) is 10.3. The van der Waals surface area contributed by atoms with Gasteiger partial charge in [0.2, 0.25) is 0 Å². The van der Waals surface area contributed by atoms with Crippen LogP contribution in [0, 0.1) is 0 Å². The van der Waals surface area contributed by atoms with Gasteiger partial charge in [-0.2, -0.15) is 5.10 Å². The SMILES string of the molecule is CCOc1ccc2oc(C(=O)N/N=C/c3cc(OCC)c(OCC(=O)OC)cc3Br)cc2c1. The summed E-state index contributed by atoms with van der Waals surface area (Å²) in [4.78, 5) is 23.8. The van der Waals surface area contributed by atoms with Gasteiger partial charge >= 0.3 is 11.9 Å². The van der Waals surface area contributed by atoms with Crippen LogP contribution in [0.4, 0.5) is 0 Å². The summed E-state index contributed by atoms with van der Waals surface area (Å²) >= 11 is 3.43. The van der Waals surface area contributed by atoms with Gasteiger partial charge in [-0.1, -0.05) is 0 Å². The molecule has 1 N–H and O–H groups in total. The van der Waals surface area contributed by atoms with E-state index in [1.54, 1.807) is 36.4 Å². The van der Waals surface area contributed by atoms with Crippen LogP contribution >= 0.6 is 15.9 Å². The Labute approximate surface area is 198 Å². The van der Waals surface area contributed by atoms with Crippen molar-refractivity contribution in [2.45, 2.75) is 13.8 Å². The molecule has 9 nitrogen and oxygen atoms in total. The van der Waals surface area contributed by atoms with Gasteiger partial charge < -0.3 is 23.4 Å². The second-order valence-corrected chi connectivity index (χ2v) is 7.42. The Morgan fingerprint density at radius 1 is 1.06 bits per heavy atom. The van der Waals surface area contributed by atoms with Crippen molar-refractivity contribution in [3.8, 4) is 17.2 Å². The Hall–Kier alpha value is -3.53. The van der Waals surface area contributed by atoms with E-state index in [1.807, 2.05) is 13.8 Å². The van der Waals surface area contributed by atoms with Crippen LogP contribution in [0.15, 0.2) is 50.4 Å². The number of hydrogen-bond acceptors (Lipinski definition) is 8. The van der Waals surface area contributed by atoms with Crippen molar-refractivity contribution in [2.24, 2.45) is 5.10 Å². The quantitative estimate of drug-likeness (QED) is 0.242. The number of fused-ring (bicyclic) bond motifs is 1. The van der Waals surface area contributed by atoms with Crippen LogP contribution in [-0.2, 0) is 9.53 Å². The van der Waals surface area contributed by atoms with E-state index >= 15 is 0 Å². The van der Waals surface area contributed by atoms with Crippen molar-refractivity contribution < 1.29 is 33.0 Å². The molecule has 0 spiro atoms. The third-order valence-electron chi connectivity index (χ3n) is 4.33. The number of carbonyl (C=O) groups is 2. The second-order valence-electron chi connectivity index (χ2n) is 6.56. The third kappa shape index (κ3) is 6.26. The number of amides is 1. The van der Waals surface area contributed by atoms with Crippen LogP contribution < -0.4 is 19.6 Å². The van der Waals surface area contributed by atoms with Gasteiger partial charge in [-0.25, -0.2) is 10.2 Å². The second kappa shape index (κ2) is 11.4. The van der Waals surface area contributed by atoms with E-state index in [0.717, 1.165) is 5.39 Å². The lowest BCUT2D eigenvalue weighted by Crippen LogP contribution is -2.16. The fourth-order valence-corrected chi connectivity index (χ4v) is 3.26. The maximum Gasteiger partial charge on any atom is 0.343 e. The van der Waals surface area contributed by atoms with E-state index in [1.165, 1.54) is 13.3 Å². The van der Waals surface area contributed by atoms with E-state index in [4.69, 9.17) is 18.6 Å². The highest BCUT2D eigenvalue weighted by molar-refractivity contribution is 9.10. The summed E-state index contributed by atoms with van der Waals surface area (Å²) in [5.74, 6) is 0.589. The lowest BCUT2D eigenvalue weighted by Gasteiger charge is -2.13. The molecule has 3 rings (SSSR count). The maximum atomic E-state index is 12.5. The lowest BCUT2D eigenvalue weighted by molar-refractivity contribution is -0.142. The Balaban J connectivity index is 1.72. The normalized spacial score (nSPS) is 10.9. The van der Waals surface area contributed by atoms with Gasteiger partial charge in [0.25, 0.3) is 0 Å². The number of methoxy groups -OCH3 is 1. The first kappa shape index (κ1) is 24.1. The number of nitrogens with one attached hydrogen (secondary N) is 1. The Kier molecular flexibility index (Phi) is 8.31. The van der Waals surface area contributed by atoms with Crippen molar-refractivity contribution in [3.63, 3.8) is 0 Å². The summed E-state index contributed by atoms with van der Waals surface area (Å²) in [5, 5.41) is 4.76. The molecule has 0 unspecified atom stereocenters. The first-order chi connectivity index (χ1) is 15.9. The highest BCUT2D eigenvalue weighted by Gasteiger charge is 2.14. The molecule has 3 aromatic rings. The van der Waals surface area contributed by atoms with Crippen molar-refractivity contribution in [2.75, 3.05) is 26.9 Å². The molecular formula is C23H23BrN2O7. The first-order valence-corrected chi connectivity index (χ1v) is 10.9. The fourth-order valence-electron chi connectivity index (χ4n) is 2.83. The molecule has 0 atom stereocenters. The topological polar surface area (TPSA) is 109 Å². The van der Waals surface area contributed by atoms with Crippen molar-refractivity contribution >= 4 is 45.0 Å². The molecule has 0 radical (unpaired) electrons. The molecule has 174 valence electrons. The van der Waals surface area contributed by atoms with Crippen LogP contribution in [0.25, 0.3) is 11.0 Å². The number of rotatable bonds is 10. The van der Waals surface area contributed by atoms with Crippen LogP contribution in [-0.4, -0.2) is 45.0 Å². The minimum Gasteiger partial charge on any atom is -0.494 e. The molecule has 0 fully saturated rings. The summed E-state index contributed by atoms with van der Waals surface area (Å²) in [5.41, 5.74) is 3.63. The van der Waals surface area contributed by atoms with Crippen molar-refractivity contribution in [1.82, 2.24) is 5.43 Å². The maximum absolute atomic E-state index is 12.5. The molecule has 1 heterocycles.